The van der Waals surface area contributed by atoms with Gasteiger partial charge in [-0.05, 0) is 44.7 Å². The van der Waals surface area contributed by atoms with Crippen LogP contribution in [-0.4, -0.2) is 75.2 Å². The minimum absolute atomic E-state index is 0.0620. The molecule has 0 saturated carbocycles. The van der Waals surface area contributed by atoms with Crippen molar-refractivity contribution < 1.29 is 22.7 Å². The molecule has 0 atom stereocenters. The van der Waals surface area contributed by atoms with Crippen LogP contribution < -0.4 is 9.64 Å². The first-order valence-corrected chi connectivity index (χ1v) is 13.0. The molecule has 4 aromatic rings. The zero-order valence-corrected chi connectivity index (χ0v) is 22.4. The number of piperazine rings is 1. The van der Waals surface area contributed by atoms with Crippen LogP contribution in [0.1, 0.15) is 26.6 Å². The zero-order valence-electron chi connectivity index (χ0n) is 21.6. The molecule has 4 heterocycles. The predicted octanol–water partition coefficient (Wildman–Crippen LogP) is 4.48. The van der Waals surface area contributed by atoms with Crippen molar-refractivity contribution >= 4 is 22.8 Å². The van der Waals surface area contributed by atoms with E-state index in [2.05, 4.69) is 29.9 Å². The van der Waals surface area contributed by atoms with Gasteiger partial charge in [0.25, 0.3) is 0 Å². The number of carbonyl (C=O) groups is 1. The van der Waals surface area contributed by atoms with Gasteiger partial charge in [-0.2, -0.15) is 0 Å². The Balaban J connectivity index is 1.40. The van der Waals surface area contributed by atoms with Crippen molar-refractivity contribution in [2.24, 2.45) is 0 Å². The molecule has 1 saturated heterocycles. The summed E-state index contributed by atoms with van der Waals surface area (Å²) in [6.07, 6.45) is 0.155. The zero-order chi connectivity index (χ0) is 27.7. The lowest BCUT2D eigenvalue weighted by atomic mass is 10.0. The van der Waals surface area contributed by atoms with Crippen LogP contribution in [0.4, 0.5) is 18.9 Å². The number of hydrogen-bond donors (Lipinski definition) is 0. The molecule has 1 aliphatic heterocycles. The number of pyridine rings is 1. The summed E-state index contributed by atoms with van der Waals surface area (Å²) in [6.45, 7) is 6.51. The Labute approximate surface area is 226 Å². The number of benzene rings is 1. The molecule has 0 N–H and O–H groups in total. The summed E-state index contributed by atoms with van der Waals surface area (Å²) in [5.41, 5.74) is 3.24. The van der Waals surface area contributed by atoms with E-state index in [9.17, 15) is 18.0 Å². The van der Waals surface area contributed by atoms with E-state index >= 15 is 0 Å². The minimum atomic E-state index is -4.87. The van der Waals surface area contributed by atoms with Crippen molar-refractivity contribution in [1.29, 1.82) is 0 Å². The summed E-state index contributed by atoms with van der Waals surface area (Å²) in [6, 6.07) is 5.88. The first kappa shape index (κ1) is 26.8. The number of ether oxygens (including phenoxy) is 1. The number of Topliss-reactive ketones (excluding diaryl/α,β-unsaturated/α-hetero) is 1. The number of thiazole rings is 1. The van der Waals surface area contributed by atoms with Crippen LogP contribution in [0.5, 0.6) is 5.75 Å². The lowest BCUT2D eigenvalue weighted by Gasteiger charge is -2.34. The van der Waals surface area contributed by atoms with Gasteiger partial charge in [0, 0.05) is 62.3 Å². The standard InChI is InChI=1S/C26H26F3N7O2S/c1-16-23(36-15-22(32-33-36)25-14-31-17(2)39-25)8-18(13-30-16)9-24(37)19-10-20(35-6-4-34(3)5-7-35)12-21(11-19)38-26(27,28)29/h8,10-15H,4-7,9H2,1-3H3. The van der Waals surface area contributed by atoms with Crippen molar-refractivity contribution in [2.45, 2.75) is 26.6 Å². The van der Waals surface area contributed by atoms with Crippen LogP contribution >= 0.6 is 11.3 Å². The predicted molar refractivity (Wildman–Crippen MR) is 141 cm³/mol. The van der Waals surface area contributed by atoms with Crippen LogP contribution in [0.25, 0.3) is 16.3 Å². The fourth-order valence-corrected chi connectivity index (χ4v) is 5.06. The Morgan fingerprint density at radius 1 is 1.05 bits per heavy atom. The fourth-order valence-electron chi connectivity index (χ4n) is 4.34. The van der Waals surface area contributed by atoms with Gasteiger partial charge in [0.2, 0.25) is 0 Å². The second-order valence-corrected chi connectivity index (χ2v) is 10.6. The SMILES string of the molecule is Cc1ncc(-c2cn(-c3cc(CC(=O)c4cc(OC(F)(F)F)cc(N5CCN(C)CC5)c4)cnc3C)nn2)s1. The van der Waals surface area contributed by atoms with Crippen molar-refractivity contribution in [3.05, 3.63) is 64.7 Å². The number of halogens is 3. The normalized spacial score (nSPS) is 14.6. The highest BCUT2D eigenvalue weighted by Gasteiger charge is 2.32. The molecule has 9 nitrogen and oxygen atoms in total. The monoisotopic (exact) mass is 557 g/mol. The number of alkyl halides is 3. The van der Waals surface area contributed by atoms with Gasteiger partial charge in [-0.1, -0.05) is 5.21 Å². The maximum Gasteiger partial charge on any atom is 0.573 e. The van der Waals surface area contributed by atoms with E-state index in [0.717, 1.165) is 29.0 Å². The molecule has 0 bridgehead atoms. The molecular formula is C26H26F3N7O2S. The summed E-state index contributed by atoms with van der Waals surface area (Å²) < 4.78 is 44.9. The van der Waals surface area contributed by atoms with E-state index in [1.807, 2.05) is 25.8 Å². The first-order valence-electron chi connectivity index (χ1n) is 12.2. The number of carbonyl (C=O) groups excluding carboxylic acids is 1. The second kappa shape index (κ2) is 10.7. The Kier molecular flexibility index (Phi) is 7.36. The lowest BCUT2D eigenvalue weighted by molar-refractivity contribution is -0.274. The van der Waals surface area contributed by atoms with Gasteiger partial charge >= 0.3 is 6.36 Å². The van der Waals surface area contributed by atoms with E-state index < -0.39 is 12.1 Å². The maximum absolute atomic E-state index is 13.3. The Morgan fingerprint density at radius 3 is 2.51 bits per heavy atom. The lowest BCUT2D eigenvalue weighted by Crippen LogP contribution is -2.44. The molecule has 1 aliphatic rings. The molecule has 0 aliphatic carbocycles. The average Bonchev–Trinajstić information content (AvgIpc) is 3.53. The van der Waals surface area contributed by atoms with Crippen molar-refractivity contribution in [2.75, 3.05) is 38.1 Å². The minimum Gasteiger partial charge on any atom is -0.406 e. The summed E-state index contributed by atoms with van der Waals surface area (Å²) in [5, 5.41) is 9.36. The van der Waals surface area contributed by atoms with Gasteiger partial charge in [0.05, 0.1) is 27.5 Å². The molecule has 1 aromatic carbocycles. The van der Waals surface area contributed by atoms with Crippen LogP contribution in [0.15, 0.2) is 42.9 Å². The van der Waals surface area contributed by atoms with Gasteiger partial charge < -0.3 is 14.5 Å². The van der Waals surface area contributed by atoms with E-state index in [0.29, 0.717) is 41.4 Å². The molecular weight excluding hydrogens is 531 g/mol. The number of nitrogens with zero attached hydrogens (tertiary/aromatic N) is 7. The van der Waals surface area contributed by atoms with E-state index in [-0.39, 0.29) is 17.8 Å². The largest absolute Gasteiger partial charge is 0.573 e. The van der Waals surface area contributed by atoms with Crippen LogP contribution in [0, 0.1) is 13.8 Å². The van der Waals surface area contributed by atoms with Gasteiger partial charge in [-0.3, -0.25) is 9.78 Å². The summed E-state index contributed by atoms with van der Waals surface area (Å²) in [4.78, 5) is 27.0. The van der Waals surface area contributed by atoms with E-state index in [1.54, 1.807) is 35.4 Å². The van der Waals surface area contributed by atoms with Gasteiger partial charge in [0.15, 0.2) is 5.78 Å². The number of anilines is 1. The van der Waals surface area contributed by atoms with Crippen LogP contribution in [0.3, 0.4) is 0 Å². The molecule has 39 heavy (non-hydrogen) atoms. The molecule has 5 rings (SSSR count). The van der Waals surface area contributed by atoms with Crippen LogP contribution in [0.2, 0.25) is 0 Å². The maximum atomic E-state index is 13.3. The number of hydrogen-bond acceptors (Lipinski definition) is 9. The molecule has 204 valence electrons. The molecule has 0 unspecified atom stereocenters. The quantitative estimate of drug-likeness (QED) is 0.308. The summed E-state index contributed by atoms with van der Waals surface area (Å²) >= 11 is 1.50. The van der Waals surface area contributed by atoms with Gasteiger partial charge in [-0.25, -0.2) is 9.67 Å². The number of aryl methyl sites for hydroxylation is 2. The Hall–Kier alpha value is -3.84. The average molecular weight is 558 g/mol. The molecule has 0 spiro atoms. The Bertz CT molecular complexity index is 1490. The number of rotatable bonds is 7. The molecule has 3 aromatic heterocycles. The van der Waals surface area contributed by atoms with Crippen molar-refractivity contribution in [1.82, 2.24) is 29.9 Å². The molecule has 0 amide bonds. The van der Waals surface area contributed by atoms with Crippen molar-refractivity contribution in [3.8, 4) is 22.0 Å². The third kappa shape index (κ3) is 6.42. The highest BCUT2D eigenvalue weighted by molar-refractivity contribution is 7.15. The van der Waals surface area contributed by atoms with Crippen LogP contribution in [-0.2, 0) is 6.42 Å². The highest BCUT2D eigenvalue weighted by atomic mass is 32.1. The smallest absolute Gasteiger partial charge is 0.406 e. The number of likely N-dealkylation sites (N-methyl/N-ethyl adjacent to an activating group) is 1. The second-order valence-electron chi connectivity index (χ2n) is 9.39. The van der Waals surface area contributed by atoms with E-state index in [1.165, 1.54) is 17.4 Å². The molecule has 1 fully saturated rings. The topological polar surface area (TPSA) is 89.3 Å². The van der Waals surface area contributed by atoms with Gasteiger partial charge in [0.1, 0.15) is 11.4 Å². The van der Waals surface area contributed by atoms with Crippen molar-refractivity contribution in [3.63, 3.8) is 0 Å². The highest BCUT2D eigenvalue weighted by Crippen LogP contribution is 2.30. The third-order valence-electron chi connectivity index (χ3n) is 6.41. The summed E-state index contributed by atoms with van der Waals surface area (Å²) in [7, 11) is 1.99. The Morgan fingerprint density at radius 2 is 1.82 bits per heavy atom. The van der Waals surface area contributed by atoms with E-state index in [4.69, 9.17) is 0 Å². The number of aromatic nitrogens is 5. The number of ketones is 1. The summed E-state index contributed by atoms with van der Waals surface area (Å²) in [5.74, 6) is -0.771. The fraction of sp³-hybridized carbons (Fsp3) is 0.346. The third-order valence-corrected chi connectivity index (χ3v) is 7.35. The first-order chi connectivity index (χ1) is 18.5. The van der Waals surface area contributed by atoms with Gasteiger partial charge in [-0.15, -0.1) is 29.6 Å². The molecule has 0 radical (unpaired) electrons. The molecule has 13 heteroatoms.